The largest absolute Gasteiger partial charge is 0.512 e. The van der Waals surface area contributed by atoms with Gasteiger partial charge in [0.1, 0.15) is 23.2 Å². The third-order valence-electron chi connectivity index (χ3n) is 22.1. The van der Waals surface area contributed by atoms with E-state index in [1.165, 1.54) is 45.0 Å². The van der Waals surface area contributed by atoms with Crippen LogP contribution in [0, 0.1) is 74.5 Å². The first kappa shape index (κ1) is 123. The molecule has 10 aromatic carbocycles. The van der Waals surface area contributed by atoms with Gasteiger partial charge in [-0.05, 0) is 78.5 Å². The van der Waals surface area contributed by atoms with Crippen molar-refractivity contribution < 1.29 is 139 Å². The number of benzene rings is 10. The van der Waals surface area contributed by atoms with Gasteiger partial charge in [0, 0.05) is 186 Å². The van der Waals surface area contributed by atoms with E-state index in [9.17, 15) is 38.8 Å². The molecule has 0 saturated heterocycles. The standard InChI is InChI=1S/C19H17FN.2C19H18N.C15H9FN.C15H10N.C11H24O2.2C11H20O2.5Ir/c1-19(2,3)15-10-8-13(9-11-15)18-17(20)16-7-5-4-6-14(16)12-21-18;2*1-19(2,3)16-11-8-15(9-12-16)18-13-10-14-6-4-5-7-17(14)20-18;16-14-13-9-5-4-8-12(13)10-17-15(14)11-6-2-1-3-7-11;1-2-6-12(7-3-1)15-11-10-13-8-4-5-9-14(13)16-15;3*1-10(2,3)8(12)7-9(13)11(4,5)6;;;;;/h4-8,10-12H,1-3H3;2*4-8,10-13H,1-3H3;1-6,8-10H;1-6,8-11H;8-9,12-13H,7H2,1-6H3;2*7,12H,1-6H3;;;;;/q5*-1;;;;;;;;. The van der Waals surface area contributed by atoms with Crippen molar-refractivity contribution in [2.45, 2.75) is 222 Å². The van der Waals surface area contributed by atoms with Crippen LogP contribution in [-0.2, 0) is 126 Å². The Labute approximate surface area is 888 Å². The van der Waals surface area contributed by atoms with E-state index in [2.05, 4.69) is 193 Å². The fraction of sp³-hybridized carbons (Fsp3) is 0.325. The average Bonchev–Trinajstić information content (AvgIpc) is 0.794. The van der Waals surface area contributed by atoms with Crippen LogP contribution in [0.1, 0.15) is 210 Å². The number of aliphatic hydroxyl groups excluding tert-OH is 4. The number of nitrogens with zero attached hydrogens (tertiary/aromatic N) is 5. The van der Waals surface area contributed by atoms with E-state index >= 15 is 0 Å². The van der Waals surface area contributed by atoms with Gasteiger partial charge < -0.3 is 30.4 Å². The molecule has 0 spiro atoms. The number of allylic oxidation sites excluding steroid dienone is 4. The van der Waals surface area contributed by atoms with E-state index < -0.39 is 23.0 Å². The molecule has 0 aliphatic carbocycles. The van der Waals surface area contributed by atoms with Crippen LogP contribution in [0.3, 0.4) is 0 Å². The zero-order valence-corrected chi connectivity index (χ0v) is 96.7. The van der Waals surface area contributed by atoms with Crippen LogP contribution in [0.5, 0.6) is 0 Å². The van der Waals surface area contributed by atoms with Crippen molar-refractivity contribution in [2.24, 2.45) is 32.5 Å². The number of hydrogen-bond acceptors (Lipinski definition) is 11. The molecule has 2 unspecified atom stereocenters. The van der Waals surface area contributed by atoms with E-state index in [1.807, 2.05) is 276 Å². The minimum atomic E-state index is -0.443. The molecule has 0 aliphatic rings. The number of pyridine rings is 5. The van der Waals surface area contributed by atoms with Gasteiger partial charge >= 0.3 is 0 Å². The molecule has 15 aromatic rings. The predicted molar refractivity (Wildman–Crippen MR) is 551 cm³/mol. The van der Waals surface area contributed by atoms with Crippen molar-refractivity contribution >= 4 is 65.8 Å². The molecule has 0 aliphatic heterocycles. The Morgan fingerprint density at radius 3 is 0.833 bits per heavy atom. The molecular weight excluding hydrogens is 2610 g/mol. The van der Waals surface area contributed by atoms with Crippen LogP contribution < -0.4 is 0 Å². The molecule has 18 heteroatoms. The van der Waals surface area contributed by atoms with Crippen molar-refractivity contribution in [2.75, 3.05) is 0 Å². The summed E-state index contributed by atoms with van der Waals surface area (Å²) in [6.07, 6.45) is 5.63. The molecule has 2 atom stereocenters. The first-order chi connectivity index (χ1) is 62.0. The Bertz CT molecular complexity index is 6210. The topological polar surface area (TPSA) is 180 Å². The first-order valence-electron chi connectivity index (χ1n) is 45.4. The van der Waals surface area contributed by atoms with Crippen LogP contribution in [0.2, 0.25) is 0 Å². The van der Waals surface area contributed by atoms with Crippen LogP contribution in [0.15, 0.2) is 297 Å². The third-order valence-corrected chi connectivity index (χ3v) is 22.1. The number of para-hydroxylation sites is 3. The third kappa shape index (κ3) is 37.6. The number of ketones is 2. The summed E-state index contributed by atoms with van der Waals surface area (Å²) in [5, 5.41) is 45.0. The molecular formula is C120H136F2Ir5N5O6-5. The minimum Gasteiger partial charge on any atom is -0.512 e. The van der Waals surface area contributed by atoms with Crippen molar-refractivity contribution in [1.82, 2.24) is 24.9 Å². The van der Waals surface area contributed by atoms with E-state index in [-0.39, 0.29) is 173 Å². The second-order valence-corrected chi connectivity index (χ2v) is 42.7. The molecule has 0 bridgehead atoms. The van der Waals surface area contributed by atoms with Crippen molar-refractivity contribution in [3.63, 3.8) is 0 Å². The Balaban J connectivity index is 0.000000407. The molecule has 0 fully saturated rings. The molecule has 11 nitrogen and oxygen atoms in total. The number of carbonyl (C=O) groups excluding carboxylic acids is 2. The van der Waals surface area contributed by atoms with Gasteiger partial charge in [-0.3, -0.25) is 24.5 Å². The average molecular weight is 2740 g/mol. The molecule has 5 aromatic heterocycles. The SMILES string of the molecule is CC(C)(C)C(=O)C=C(O)C(C)(C)C.CC(C)(C)C(=O)C=C(O)C(C)(C)C.CC(C)(C)C(O)CC(O)C(C)(C)C.CC(C)(C)c1c[c-]c(-c2ccc3ccccc3n2)cc1.CC(C)(C)c1c[c-]c(-c2ccc3ccccc3n2)cc1.CC(C)(C)c1c[c-]c(-c2ncc3ccccc3c2F)cc1.Fc1c(-c2[c-]cccc2)ncc2ccccc12.[Ir].[Ir].[Ir].[Ir].[Ir].[c-]1ccccc1-c1ccc2ccccc2n1. The van der Waals surface area contributed by atoms with Gasteiger partial charge in [-0.15, -0.1) is 178 Å². The Morgan fingerprint density at radius 1 is 0.312 bits per heavy atom. The Morgan fingerprint density at radius 2 is 0.572 bits per heavy atom. The fourth-order valence-corrected chi connectivity index (χ4v) is 12.5. The zero-order chi connectivity index (χ0) is 98.4. The van der Waals surface area contributed by atoms with Crippen LogP contribution in [-0.4, -0.2) is 69.1 Å². The number of aromatic nitrogens is 5. The van der Waals surface area contributed by atoms with Gasteiger partial charge in [0.15, 0.2) is 11.6 Å². The monoisotopic (exact) mass is 2750 g/mol. The first-order valence-corrected chi connectivity index (χ1v) is 45.4. The van der Waals surface area contributed by atoms with Crippen LogP contribution >= 0.6 is 0 Å². The molecule has 0 amide bonds. The molecule has 4 N–H and O–H groups in total. The molecule has 5 heterocycles. The maximum atomic E-state index is 14.6. The van der Waals surface area contributed by atoms with Gasteiger partial charge in [0.05, 0.1) is 28.8 Å². The van der Waals surface area contributed by atoms with Gasteiger partial charge in [-0.2, -0.15) is 0 Å². The second-order valence-electron chi connectivity index (χ2n) is 42.7. The Kier molecular flexibility index (Phi) is 47.6. The maximum Gasteiger partial charge on any atom is 0.164 e. The summed E-state index contributed by atoms with van der Waals surface area (Å²) in [6.45, 7) is 53.8. The zero-order valence-electron chi connectivity index (χ0n) is 84.8. The van der Waals surface area contributed by atoms with E-state index in [0.717, 1.165) is 61.1 Å². The molecule has 138 heavy (non-hydrogen) atoms. The van der Waals surface area contributed by atoms with Gasteiger partial charge in [-0.25, -0.2) is 8.78 Å². The number of fused-ring (bicyclic) bond motifs is 5. The minimum absolute atomic E-state index is 0. The summed E-state index contributed by atoms with van der Waals surface area (Å²) in [7, 11) is 0. The number of carbonyl (C=O) groups is 2. The number of aliphatic hydroxyl groups is 4. The maximum absolute atomic E-state index is 14.6. The fourth-order valence-electron chi connectivity index (χ4n) is 12.5. The normalized spacial score (nSPS) is 12.2. The summed E-state index contributed by atoms with van der Waals surface area (Å²) in [6, 6.07) is 101. The number of rotatable bonds is 9. The molecule has 0 saturated carbocycles. The van der Waals surface area contributed by atoms with Crippen molar-refractivity contribution in [3.05, 3.63) is 356 Å². The van der Waals surface area contributed by atoms with E-state index in [1.54, 1.807) is 36.7 Å². The molecule has 15 rings (SSSR count). The molecule has 5 radical (unpaired) electrons. The summed E-state index contributed by atoms with van der Waals surface area (Å²) in [4.78, 5) is 45.4. The number of halogens is 2. The van der Waals surface area contributed by atoms with Crippen molar-refractivity contribution in [1.29, 1.82) is 0 Å². The van der Waals surface area contributed by atoms with Gasteiger partial charge in [-0.1, -0.05) is 326 Å². The van der Waals surface area contributed by atoms with Gasteiger partial charge in [0.2, 0.25) is 0 Å². The smallest absolute Gasteiger partial charge is 0.164 e. The quantitative estimate of drug-likeness (QED) is 0.0614. The summed E-state index contributed by atoms with van der Waals surface area (Å²) < 4.78 is 28.9. The van der Waals surface area contributed by atoms with Gasteiger partial charge in [0.25, 0.3) is 0 Å². The predicted octanol–water partition coefficient (Wildman–Crippen LogP) is 31.0. The van der Waals surface area contributed by atoms with E-state index in [0.29, 0.717) is 39.7 Å². The molecule has 741 valence electrons. The summed E-state index contributed by atoms with van der Waals surface area (Å²) in [5.41, 5.74) is 13.5. The van der Waals surface area contributed by atoms with Crippen molar-refractivity contribution in [3.8, 4) is 56.3 Å². The van der Waals surface area contributed by atoms with Crippen LogP contribution in [0.25, 0.3) is 111 Å². The van der Waals surface area contributed by atoms with E-state index in [4.69, 9.17) is 9.97 Å². The van der Waals surface area contributed by atoms with Crippen LogP contribution in [0.4, 0.5) is 8.78 Å². The number of hydrogen-bond donors (Lipinski definition) is 4. The Hall–Kier alpha value is -9.30. The summed E-state index contributed by atoms with van der Waals surface area (Å²) >= 11 is 0. The summed E-state index contributed by atoms with van der Waals surface area (Å²) in [5.74, 6) is -0.363. The second kappa shape index (κ2) is 53.5.